The molecule has 2 rings (SSSR count). The van der Waals surface area contributed by atoms with Gasteiger partial charge in [-0.1, -0.05) is 0 Å². The summed E-state index contributed by atoms with van der Waals surface area (Å²) in [4.78, 5) is 0. The van der Waals surface area contributed by atoms with Gasteiger partial charge in [-0.2, -0.15) is 0 Å². The van der Waals surface area contributed by atoms with E-state index in [1.54, 1.807) is 0 Å². The van der Waals surface area contributed by atoms with Gasteiger partial charge < -0.3 is 0 Å². The van der Waals surface area contributed by atoms with Gasteiger partial charge in [-0.25, -0.2) is 0 Å². The molecule has 0 fully saturated rings. The summed E-state index contributed by atoms with van der Waals surface area (Å²) in [5.74, 6) is 0.918. The third-order valence-corrected chi connectivity index (χ3v) is 8.34. The zero-order chi connectivity index (χ0) is 19.0. The molecule has 0 aromatic heterocycles. The molecule has 0 saturated heterocycles. The van der Waals surface area contributed by atoms with E-state index < -0.39 is 17.8 Å². The Labute approximate surface area is 164 Å². The van der Waals surface area contributed by atoms with Crippen LogP contribution in [0.4, 0.5) is 0 Å². The SMILES string of the molecule is C[C](C)=[Ti]([O]c1cc(Cl)cc(C(C)(C)C)c1)[C]1=C(C(C)(C)C)C=CC1. The fourth-order valence-corrected chi connectivity index (χ4v) is 6.86. The molecular weight excluding hydrogens is 364 g/mol. The summed E-state index contributed by atoms with van der Waals surface area (Å²) in [6.07, 6.45) is 5.61. The Kier molecular flexibility index (Phi) is 6.24. The molecule has 1 nitrogen and oxygen atoms in total. The number of allylic oxidation sites excluding steroid dienone is 4. The molecule has 1 aliphatic rings. The van der Waals surface area contributed by atoms with Crippen molar-refractivity contribution in [2.45, 2.75) is 67.2 Å². The summed E-state index contributed by atoms with van der Waals surface area (Å²) in [6.45, 7) is 17.9. The van der Waals surface area contributed by atoms with Crippen LogP contribution in [0.2, 0.25) is 5.02 Å². The van der Waals surface area contributed by atoms with Crippen molar-refractivity contribution in [2.75, 3.05) is 0 Å². The normalized spacial score (nSPS) is 14.9. The first-order valence-electron chi connectivity index (χ1n) is 8.96. The molecule has 0 unspecified atom stereocenters. The molecule has 0 saturated carbocycles. The van der Waals surface area contributed by atoms with Crippen LogP contribution >= 0.6 is 11.6 Å². The van der Waals surface area contributed by atoms with Gasteiger partial charge in [0.25, 0.3) is 0 Å². The maximum atomic E-state index is 6.65. The molecule has 1 aromatic carbocycles. The molecule has 0 heterocycles. The van der Waals surface area contributed by atoms with Crippen molar-refractivity contribution in [3.8, 4) is 5.75 Å². The van der Waals surface area contributed by atoms with Crippen molar-refractivity contribution in [2.24, 2.45) is 5.41 Å². The third-order valence-electron chi connectivity index (χ3n) is 4.43. The average Bonchev–Trinajstić information content (AvgIpc) is 2.92. The molecule has 25 heavy (non-hydrogen) atoms. The third kappa shape index (κ3) is 5.19. The molecule has 0 radical (unpaired) electrons. The Bertz CT molecular complexity index is 751. The number of rotatable bonds is 3. The van der Waals surface area contributed by atoms with Gasteiger partial charge in [-0.15, -0.1) is 0 Å². The van der Waals surface area contributed by atoms with Gasteiger partial charge in [0, 0.05) is 0 Å². The summed E-state index contributed by atoms with van der Waals surface area (Å²) in [6, 6.07) is 6.18. The van der Waals surface area contributed by atoms with Gasteiger partial charge in [-0.3, -0.25) is 0 Å². The first-order valence-corrected chi connectivity index (χ1v) is 11.5. The number of hydrogen-bond donors (Lipinski definition) is 0. The quantitative estimate of drug-likeness (QED) is 0.500. The van der Waals surface area contributed by atoms with Crippen LogP contribution < -0.4 is 3.32 Å². The van der Waals surface area contributed by atoms with Crippen LogP contribution in [0.15, 0.2) is 39.8 Å². The second-order valence-corrected chi connectivity index (χ2v) is 13.4. The predicted molar refractivity (Wildman–Crippen MR) is 107 cm³/mol. The van der Waals surface area contributed by atoms with Crippen molar-refractivity contribution >= 4 is 15.4 Å². The van der Waals surface area contributed by atoms with Crippen LogP contribution in [0.3, 0.4) is 0 Å². The minimum absolute atomic E-state index is 0.0545. The van der Waals surface area contributed by atoms with E-state index in [1.165, 1.54) is 18.8 Å². The monoisotopic (exact) mass is 394 g/mol. The summed E-state index contributed by atoms with van der Waals surface area (Å²) in [5.41, 5.74) is 2.89. The van der Waals surface area contributed by atoms with Gasteiger partial charge in [0.05, 0.1) is 0 Å². The Hall–Kier alpha value is -0.626. The molecule has 0 bridgehead atoms. The summed E-state index contributed by atoms with van der Waals surface area (Å²) < 4.78 is 9.61. The number of hydrogen-bond acceptors (Lipinski definition) is 1. The van der Waals surface area contributed by atoms with Crippen molar-refractivity contribution in [1.29, 1.82) is 0 Å². The van der Waals surface area contributed by atoms with E-state index in [2.05, 4.69) is 73.6 Å². The molecule has 136 valence electrons. The first kappa shape index (κ1) is 20.7. The van der Waals surface area contributed by atoms with Gasteiger partial charge in [0.2, 0.25) is 0 Å². The van der Waals surface area contributed by atoms with Gasteiger partial charge in [0.15, 0.2) is 0 Å². The first-order chi connectivity index (χ1) is 11.4. The fraction of sp³-hybridized carbons (Fsp3) is 0.500. The van der Waals surface area contributed by atoms with Crippen LogP contribution in [0.5, 0.6) is 5.75 Å². The van der Waals surface area contributed by atoms with E-state index in [0.717, 1.165) is 17.2 Å². The molecule has 0 aliphatic heterocycles. The molecule has 1 aromatic rings. The second-order valence-electron chi connectivity index (χ2n) is 9.11. The van der Waals surface area contributed by atoms with Crippen LogP contribution in [0, 0.1) is 5.41 Å². The van der Waals surface area contributed by atoms with E-state index in [1.807, 2.05) is 12.1 Å². The number of benzene rings is 1. The van der Waals surface area contributed by atoms with Crippen molar-refractivity contribution < 1.29 is 21.1 Å². The van der Waals surface area contributed by atoms with Crippen LogP contribution in [0.25, 0.3) is 0 Å². The second kappa shape index (κ2) is 7.55. The molecule has 3 heteroatoms. The Morgan fingerprint density at radius 3 is 2.16 bits per heavy atom. The van der Waals surface area contributed by atoms with E-state index in [-0.39, 0.29) is 10.8 Å². The molecule has 0 amide bonds. The number of halogens is 1. The summed E-state index contributed by atoms with van der Waals surface area (Å²) in [5, 5.41) is 0.753. The standard InChI is InChI=1S/C10H13ClO.C9H13.C3H6.Ti/c1-10(2,3)7-4-8(11)6-9(12)5-7;1-9(2,3)8-6-4-5-7-8;1-3-2;/h4-6,12H,1-3H3;4,6H,5H2,1-3H3;1-2H3;/q;;;+1/p-1. The minimum atomic E-state index is -1.99. The molecule has 0 atom stereocenters. The summed E-state index contributed by atoms with van der Waals surface area (Å²) in [7, 11) is 0. The maximum absolute atomic E-state index is 6.65. The zero-order valence-electron chi connectivity index (χ0n) is 16.9. The van der Waals surface area contributed by atoms with Crippen LogP contribution in [0.1, 0.15) is 67.4 Å². The van der Waals surface area contributed by atoms with Crippen molar-refractivity contribution in [3.63, 3.8) is 0 Å². The molecule has 1 aliphatic carbocycles. The van der Waals surface area contributed by atoms with E-state index in [0.29, 0.717) is 0 Å². The van der Waals surface area contributed by atoms with Gasteiger partial charge in [0.1, 0.15) is 0 Å². The van der Waals surface area contributed by atoms with Gasteiger partial charge in [-0.05, 0) is 0 Å². The zero-order valence-corrected chi connectivity index (χ0v) is 19.2. The topological polar surface area (TPSA) is 9.23 Å². The molecule has 0 spiro atoms. The Morgan fingerprint density at radius 2 is 1.64 bits per heavy atom. The summed E-state index contributed by atoms with van der Waals surface area (Å²) >= 11 is 4.39. The molecular formula is C22H31ClOTi. The predicted octanol–water partition coefficient (Wildman–Crippen LogP) is 7.02. The van der Waals surface area contributed by atoms with Crippen LogP contribution in [-0.4, -0.2) is 3.81 Å². The van der Waals surface area contributed by atoms with E-state index in [9.17, 15) is 0 Å². The van der Waals surface area contributed by atoms with Gasteiger partial charge >= 0.3 is 165 Å². The van der Waals surface area contributed by atoms with E-state index >= 15 is 0 Å². The van der Waals surface area contributed by atoms with Crippen molar-refractivity contribution in [3.05, 3.63) is 50.4 Å². The average molecular weight is 395 g/mol. The fourth-order valence-electron chi connectivity index (χ4n) is 3.06. The van der Waals surface area contributed by atoms with Crippen molar-refractivity contribution in [1.82, 2.24) is 0 Å². The Morgan fingerprint density at radius 1 is 1.00 bits per heavy atom. The Balaban J connectivity index is 2.47. The van der Waals surface area contributed by atoms with E-state index in [4.69, 9.17) is 14.9 Å². The molecule has 0 N–H and O–H groups in total. The van der Waals surface area contributed by atoms with Crippen LogP contribution in [-0.2, 0) is 23.2 Å².